The van der Waals surface area contributed by atoms with Gasteiger partial charge in [0, 0.05) is 22.5 Å². The lowest BCUT2D eigenvalue weighted by Gasteiger charge is -2.58. The summed E-state index contributed by atoms with van der Waals surface area (Å²) in [5.41, 5.74) is 7.44. The highest BCUT2D eigenvalue weighted by molar-refractivity contribution is 8.66. The van der Waals surface area contributed by atoms with E-state index in [-0.39, 0.29) is 11.1 Å². The standard InChI is InChI=1S/C34H54Cl2N8O2P2S2/c1-21(19-35)39-41-29-37-31(3,47(45,49-29)43-33-13-23-7-24(14-33)9-25(8-23)15-33)5-6-32(4)38-30(42-40-22(2)20-36)50-48(32,46)44-34-16-26-10-27(17-34)12-28(11-26)18-34/h23-28H,5-20H2,1-4H3,(H,37,41)(H,38,42)(H,43,45)(H,44,46)/b39-21+,40-22+. The Hall–Kier alpha value is -0.0600. The molecule has 10 aliphatic rings. The Morgan fingerprint density at radius 1 is 0.660 bits per heavy atom. The summed E-state index contributed by atoms with van der Waals surface area (Å²) in [4.78, 5) is 10.3. The molecule has 2 aliphatic heterocycles. The lowest BCUT2D eigenvalue weighted by atomic mass is 9.53. The number of nitrogens with zero attached hydrogens (tertiary/aromatic N) is 4. The molecule has 0 spiro atoms. The minimum atomic E-state index is -3.21. The topological polar surface area (TPSA) is 132 Å². The predicted molar refractivity (Wildman–Crippen MR) is 213 cm³/mol. The molecule has 16 heteroatoms. The zero-order chi connectivity index (χ0) is 35.2. The summed E-state index contributed by atoms with van der Waals surface area (Å²) < 4.78 is 31.1. The zero-order valence-corrected chi connectivity index (χ0v) is 34.8. The molecule has 0 radical (unpaired) electrons. The SMILES string of the molecule is C/C(CCl)=N\NC1=NC(C)(CCC2(C)N=C(N/N=C(\C)CCl)SP2(=O)NC23CC4CC(CC(C4)C2)C3)P(=O)(NC23CC4CC(CC(C4)C2)C3)S1. The summed E-state index contributed by atoms with van der Waals surface area (Å²) >= 11 is 14.7. The number of hydrogen-bond acceptors (Lipinski definition) is 10. The highest BCUT2D eigenvalue weighted by Crippen LogP contribution is 2.77. The van der Waals surface area contributed by atoms with Gasteiger partial charge in [0.1, 0.15) is 10.6 Å². The summed E-state index contributed by atoms with van der Waals surface area (Å²) in [5, 5.41) is 15.9. The van der Waals surface area contributed by atoms with E-state index in [1.807, 2.05) is 27.7 Å². The molecule has 8 aliphatic carbocycles. The van der Waals surface area contributed by atoms with Crippen LogP contribution in [0.3, 0.4) is 0 Å². The molecule has 8 bridgehead atoms. The summed E-state index contributed by atoms with van der Waals surface area (Å²) in [6.45, 7) is 1.36. The average Bonchev–Trinajstić information content (AvgIpc) is 3.42. The van der Waals surface area contributed by atoms with Crippen LogP contribution in [0.2, 0.25) is 0 Å². The quantitative estimate of drug-likeness (QED) is 0.0704. The number of amidine groups is 2. The summed E-state index contributed by atoms with van der Waals surface area (Å²) in [7, 11) is 0. The highest BCUT2D eigenvalue weighted by atomic mass is 35.5. The monoisotopic (exact) mass is 802 g/mol. The van der Waals surface area contributed by atoms with E-state index in [4.69, 9.17) is 33.2 Å². The van der Waals surface area contributed by atoms with Crippen molar-refractivity contribution in [2.24, 2.45) is 55.7 Å². The van der Waals surface area contributed by atoms with E-state index in [1.165, 1.54) is 61.3 Å². The van der Waals surface area contributed by atoms with Gasteiger partial charge in [-0.1, -0.05) is 0 Å². The van der Waals surface area contributed by atoms with Gasteiger partial charge in [0.2, 0.25) is 13.0 Å². The van der Waals surface area contributed by atoms with E-state index < -0.39 is 23.5 Å². The molecule has 0 aromatic carbocycles. The molecule has 278 valence electrons. The van der Waals surface area contributed by atoms with Crippen molar-refractivity contribution in [3.8, 4) is 0 Å². The minimum Gasteiger partial charge on any atom is -0.292 e. The van der Waals surface area contributed by atoms with Crippen LogP contribution in [0.4, 0.5) is 0 Å². The third-order valence-electron chi connectivity index (χ3n) is 13.4. The molecule has 0 aromatic heterocycles. The molecule has 0 saturated heterocycles. The third-order valence-corrected chi connectivity index (χ3v) is 25.6. The number of nitrogens with one attached hydrogen (secondary N) is 4. The van der Waals surface area contributed by atoms with Crippen molar-refractivity contribution in [3.05, 3.63) is 0 Å². The number of hydrazone groups is 2. The molecule has 4 N–H and O–H groups in total. The van der Waals surface area contributed by atoms with Gasteiger partial charge >= 0.3 is 0 Å². The number of rotatable bonds is 11. The van der Waals surface area contributed by atoms with E-state index in [0.29, 0.717) is 34.9 Å². The van der Waals surface area contributed by atoms with E-state index in [9.17, 15) is 0 Å². The van der Waals surface area contributed by atoms with E-state index in [0.717, 1.165) is 85.5 Å². The van der Waals surface area contributed by atoms with Gasteiger partial charge in [0.25, 0.3) is 0 Å². The van der Waals surface area contributed by atoms with Gasteiger partial charge in [-0.15, -0.1) is 23.2 Å². The largest absolute Gasteiger partial charge is 0.292 e. The number of alkyl halides is 2. The van der Waals surface area contributed by atoms with Gasteiger partial charge in [-0.25, -0.2) is 9.98 Å². The predicted octanol–water partition coefficient (Wildman–Crippen LogP) is 9.32. The van der Waals surface area contributed by atoms with Crippen LogP contribution in [-0.2, 0) is 9.13 Å². The Kier molecular flexibility index (Phi) is 9.82. The van der Waals surface area contributed by atoms with Gasteiger partial charge in [-0.05, 0) is 176 Å². The van der Waals surface area contributed by atoms with Gasteiger partial charge in [0.05, 0.1) is 11.8 Å². The molecule has 10 rings (SSSR count). The Bertz CT molecular complexity index is 1440. The summed E-state index contributed by atoms with van der Waals surface area (Å²) in [6, 6.07) is 0. The second-order valence-electron chi connectivity index (χ2n) is 17.9. The van der Waals surface area contributed by atoms with Crippen LogP contribution < -0.4 is 21.0 Å². The zero-order valence-electron chi connectivity index (χ0n) is 29.9. The fraction of sp³-hybridized carbons (Fsp3) is 0.882. The van der Waals surface area contributed by atoms with Crippen molar-refractivity contribution in [1.29, 1.82) is 0 Å². The summed E-state index contributed by atoms with van der Waals surface area (Å²) in [5.74, 6) is 4.91. The fourth-order valence-electron chi connectivity index (χ4n) is 11.8. The highest BCUT2D eigenvalue weighted by Gasteiger charge is 2.62. The van der Waals surface area contributed by atoms with Crippen molar-refractivity contribution in [2.75, 3.05) is 11.8 Å². The second-order valence-corrected chi connectivity index (χ2v) is 28.3. The van der Waals surface area contributed by atoms with Crippen LogP contribution in [0, 0.1) is 35.5 Å². The number of halogens is 2. The van der Waals surface area contributed by atoms with Gasteiger partial charge in [0.15, 0.2) is 10.3 Å². The maximum Gasteiger partial charge on any atom is 0.235 e. The van der Waals surface area contributed by atoms with Crippen LogP contribution in [0.15, 0.2) is 20.2 Å². The number of hydrogen-bond donors (Lipinski definition) is 4. The molecule has 50 heavy (non-hydrogen) atoms. The summed E-state index contributed by atoms with van der Waals surface area (Å²) in [6.07, 6.45) is 15.4. The third kappa shape index (κ3) is 6.77. The van der Waals surface area contributed by atoms with Crippen molar-refractivity contribution < 1.29 is 9.13 Å². The second kappa shape index (κ2) is 13.3. The molecule has 4 atom stereocenters. The minimum absolute atomic E-state index is 0.116. The number of aliphatic imine (C=N–C) groups is 2. The first-order valence-corrected chi connectivity index (χ1v) is 26.1. The van der Waals surface area contributed by atoms with E-state index >= 15 is 9.13 Å². The molecule has 4 unspecified atom stereocenters. The molecule has 0 amide bonds. The van der Waals surface area contributed by atoms with Crippen LogP contribution in [-0.4, -0.2) is 55.2 Å². The molecular weight excluding hydrogens is 749 g/mol. The Balaban J connectivity index is 1.09. The lowest BCUT2D eigenvalue weighted by molar-refractivity contribution is -0.00881. The maximum absolute atomic E-state index is 15.6. The van der Waals surface area contributed by atoms with Crippen molar-refractivity contribution in [1.82, 2.24) is 21.0 Å². The Morgan fingerprint density at radius 3 is 1.24 bits per heavy atom. The van der Waals surface area contributed by atoms with Gasteiger partial charge in [-0.3, -0.25) is 30.2 Å². The molecule has 10 nitrogen and oxygen atoms in total. The van der Waals surface area contributed by atoms with Crippen LogP contribution in [0.5, 0.6) is 0 Å². The first-order chi connectivity index (χ1) is 23.7. The normalized spacial score (nSPS) is 49.1. The first-order valence-electron chi connectivity index (χ1n) is 18.7. The van der Waals surface area contributed by atoms with E-state index in [1.54, 1.807) is 0 Å². The Morgan fingerprint density at radius 2 is 0.960 bits per heavy atom. The smallest absolute Gasteiger partial charge is 0.235 e. The van der Waals surface area contributed by atoms with Crippen molar-refractivity contribution >= 4 is 80.7 Å². The van der Waals surface area contributed by atoms with Crippen LogP contribution in [0.1, 0.15) is 118 Å². The Labute approximate surface area is 315 Å². The average molecular weight is 804 g/mol. The van der Waals surface area contributed by atoms with Gasteiger partial charge in [-0.2, -0.15) is 10.2 Å². The molecule has 8 fully saturated rings. The molecule has 2 heterocycles. The molecule has 0 aromatic rings. The van der Waals surface area contributed by atoms with Crippen molar-refractivity contribution in [2.45, 2.75) is 139 Å². The first kappa shape index (κ1) is 36.9. The molecule has 8 saturated carbocycles. The van der Waals surface area contributed by atoms with Crippen LogP contribution in [0.25, 0.3) is 0 Å². The lowest BCUT2D eigenvalue weighted by Crippen LogP contribution is -2.58. The molecular formula is C34H54Cl2N8O2P2S2. The fourth-order valence-corrected chi connectivity index (χ4v) is 22.6. The van der Waals surface area contributed by atoms with Gasteiger partial charge < -0.3 is 0 Å². The van der Waals surface area contributed by atoms with Crippen molar-refractivity contribution in [3.63, 3.8) is 0 Å². The van der Waals surface area contributed by atoms with E-state index in [2.05, 4.69) is 31.2 Å². The maximum atomic E-state index is 15.6. The van der Waals surface area contributed by atoms with Crippen LogP contribution >= 0.6 is 59.0 Å².